The molecule has 0 spiro atoms. The first-order chi connectivity index (χ1) is 19.9. The van der Waals surface area contributed by atoms with Crippen LogP contribution in [0.15, 0.2) is 35.9 Å². The topological polar surface area (TPSA) is 147 Å². The number of carbonyl (C=O) groups is 5. The van der Waals surface area contributed by atoms with E-state index in [-0.39, 0.29) is 72.1 Å². The molecule has 6 atom stereocenters. The Kier molecular flexibility index (Phi) is 8.18. The zero-order valence-corrected chi connectivity index (χ0v) is 24.4. The standard InChI is InChI=1S/C33H41NO8/c1-31-14-11-23(36)17-21(31)5-8-24-25-12-15-33(41,32(25,2)18-26(37)30(24)31)27(38)19-42-29(40)10-9-28(39)34-16-13-20-3-6-22(35)7-4-20/h3-4,6-7,17,24-25,30,35,41H,5,8-16,18-19H2,1-2H3,(H,34,39)/t24-,25-,30+,31+,32+,33+/m1/s1. The molecule has 9 heteroatoms. The number of esters is 1. The van der Waals surface area contributed by atoms with Crippen LogP contribution in [0.25, 0.3) is 0 Å². The lowest BCUT2D eigenvalue weighted by Crippen LogP contribution is -2.61. The number of ether oxygens (including phenoxy) is 1. The Morgan fingerprint density at radius 2 is 1.76 bits per heavy atom. The van der Waals surface area contributed by atoms with Gasteiger partial charge in [0.15, 0.2) is 12.4 Å². The Balaban J connectivity index is 1.14. The second-order valence-corrected chi connectivity index (χ2v) is 13.1. The van der Waals surface area contributed by atoms with E-state index in [1.54, 1.807) is 30.3 Å². The molecule has 4 aliphatic carbocycles. The summed E-state index contributed by atoms with van der Waals surface area (Å²) < 4.78 is 5.20. The van der Waals surface area contributed by atoms with Gasteiger partial charge in [-0.15, -0.1) is 0 Å². The average Bonchev–Trinajstić information content (AvgIpc) is 3.22. The fraction of sp³-hybridized carbons (Fsp3) is 0.606. The van der Waals surface area contributed by atoms with Gasteiger partial charge >= 0.3 is 5.97 Å². The number of hydrogen-bond donors (Lipinski definition) is 3. The molecule has 42 heavy (non-hydrogen) atoms. The Morgan fingerprint density at radius 3 is 2.50 bits per heavy atom. The molecule has 3 saturated carbocycles. The van der Waals surface area contributed by atoms with Gasteiger partial charge < -0.3 is 20.3 Å². The molecule has 0 bridgehead atoms. The lowest BCUT2D eigenvalue weighted by atomic mass is 9.46. The lowest BCUT2D eigenvalue weighted by molar-refractivity contribution is -0.173. The lowest BCUT2D eigenvalue weighted by Gasteiger charge is -2.57. The quantitative estimate of drug-likeness (QED) is 0.377. The fourth-order valence-electron chi connectivity index (χ4n) is 8.50. The number of phenols is 1. The average molecular weight is 580 g/mol. The van der Waals surface area contributed by atoms with Gasteiger partial charge in [0, 0.05) is 37.1 Å². The van der Waals surface area contributed by atoms with Crippen molar-refractivity contribution >= 4 is 29.2 Å². The zero-order chi connectivity index (χ0) is 30.3. The summed E-state index contributed by atoms with van der Waals surface area (Å²) in [5.41, 5.74) is -1.06. The third-order valence-electron chi connectivity index (χ3n) is 10.9. The van der Waals surface area contributed by atoms with E-state index in [1.165, 1.54) is 0 Å². The molecule has 0 saturated heterocycles. The largest absolute Gasteiger partial charge is 0.508 e. The maximum atomic E-state index is 13.7. The molecule has 1 aromatic rings. The van der Waals surface area contributed by atoms with E-state index >= 15 is 0 Å². The summed E-state index contributed by atoms with van der Waals surface area (Å²) in [5.74, 6) is -1.50. The molecular formula is C33H41NO8. The summed E-state index contributed by atoms with van der Waals surface area (Å²) in [5, 5.41) is 23.8. The minimum atomic E-state index is -1.77. The molecule has 0 unspecified atom stereocenters. The zero-order valence-electron chi connectivity index (χ0n) is 24.4. The molecule has 0 aliphatic heterocycles. The smallest absolute Gasteiger partial charge is 0.306 e. The number of nitrogens with one attached hydrogen (secondary N) is 1. The number of hydrogen-bond acceptors (Lipinski definition) is 8. The number of rotatable bonds is 9. The van der Waals surface area contributed by atoms with E-state index in [1.807, 2.05) is 6.92 Å². The van der Waals surface area contributed by atoms with Crippen molar-refractivity contribution in [1.82, 2.24) is 5.32 Å². The van der Waals surface area contributed by atoms with Crippen LogP contribution in [-0.2, 0) is 35.1 Å². The first-order valence-electron chi connectivity index (χ1n) is 15.1. The second-order valence-electron chi connectivity index (χ2n) is 13.1. The highest BCUT2D eigenvalue weighted by Gasteiger charge is 2.68. The number of benzene rings is 1. The third kappa shape index (κ3) is 5.32. The van der Waals surface area contributed by atoms with Gasteiger partial charge in [-0.05, 0) is 79.5 Å². The minimum Gasteiger partial charge on any atom is -0.508 e. The van der Waals surface area contributed by atoms with Gasteiger partial charge in [0.1, 0.15) is 17.1 Å². The molecule has 1 aromatic carbocycles. The van der Waals surface area contributed by atoms with Crippen molar-refractivity contribution < 1.29 is 38.9 Å². The van der Waals surface area contributed by atoms with Crippen LogP contribution in [0.1, 0.15) is 77.2 Å². The van der Waals surface area contributed by atoms with Gasteiger partial charge in [-0.1, -0.05) is 31.6 Å². The molecule has 226 valence electrons. The maximum Gasteiger partial charge on any atom is 0.306 e. The van der Waals surface area contributed by atoms with Crippen molar-refractivity contribution in [3.8, 4) is 5.75 Å². The number of aliphatic hydroxyl groups is 1. The van der Waals surface area contributed by atoms with Crippen LogP contribution in [0.3, 0.4) is 0 Å². The van der Waals surface area contributed by atoms with Crippen LogP contribution < -0.4 is 5.32 Å². The predicted octanol–water partition coefficient (Wildman–Crippen LogP) is 3.39. The molecule has 5 rings (SSSR count). The highest BCUT2D eigenvalue weighted by molar-refractivity contribution is 5.95. The van der Waals surface area contributed by atoms with Crippen LogP contribution in [0.4, 0.5) is 0 Å². The summed E-state index contributed by atoms with van der Waals surface area (Å²) >= 11 is 0. The molecule has 0 heterocycles. The number of Topliss-reactive ketones (excluding diaryl/α,β-unsaturated/α-hetero) is 2. The number of phenolic OH excluding ortho intramolecular Hbond substituents is 1. The van der Waals surface area contributed by atoms with Gasteiger partial charge in [-0.2, -0.15) is 0 Å². The van der Waals surface area contributed by atoms with Gasteiger partial charge in [0.2, 0.25) is 11.7 Å². The second kappa shape index (κ2) is 11.4. The maximum absolute atomic E-state index is 13.7. The van der Waals surface area contributed by atoms with E-state index in [4.69, 9.17) is 4.74 Å². The highest BCUT2D eigenvalue weighted by atomic mass is 16.5. The van der Waals surface area contributed by atoms with E-state index in [9.17, 15) is 34.2 Å². The molecule has 9 nitrogen and oxygen atoms in total. The van der Waals surface area contributed by atoms with E-state index < -0.39 is 29.4 Å². The third-order valence-corrected chi connectivity index (χ3v) is 10.9. The predicted molar refractivity (Wildman–Crippen MR) is 152 cm³/mol. The Hall–Kier alpha value is -3.33. The van der Waals surface area contributed by atoms with E-state index in [0.29, 0.717) is 32.2 Å². The monoisotopic (exact) mass is 579 g/mol. The molecular weight excluding hydrogens is 538 g/mol. The minimum absolute atomic E-state index is 0.0221. The normalized spacial score (nSPS) is 33.6. The Labute approximate surface area is 246 Å². The van der Waals surface area contributed by atoms with Crippen LogP contribution in [0, 0.1) is 28.6 Å². The summed E-state index contributed by atoms with van der Waals surface area (Å²) in [4.78, 5) is 63.7. The number of amides is 1. The van der Waals surface area contributed by atoms with Gasteiger partial charge in [0.05, 0.1) is 6.42 Å². The summed E-state index contributed by atoms with van der Waals surface area (Å²) in [6, 6.07) is 6.68. The molecule has 0 aromatic heterocycles. The van der Waals surface area contributed by atoms with E-state index in [2.05, 4.69) is 12.2 Å². The fourth-order valence-corrected chi connectivity index (χ4v) is 8.50. The Morgan fingerprint density at radius 1 is 1.02 bits per heavy atom. The van der Waals surface area contributed by atoms with Crippen molar-refractivity contribution in [1.29, 1.82) is 0 Å². The first kappa shape index (κ1) is 30.1. The molecule has 3 fully saturated rings. The van der Waals surface area contributed by atoms with Crippen molar-refractivity contribution in [2.75, 3.05) is 13.2 Å². The van der Waals surface area contributed by atoms with Crippen LogP contribution >= 0.6 is 0 Å². The van der Waals surface area contributed by atoms with Crippen molar-refractivity contribution in [3.63, 3.8) is 0 Å². The Bertz CT molecular complexity index is 1320. The molecule has 0 radical (unpaired) electrons. The van der Waals surface area contributed by atoms with Crippen molar-refractivity contribution in [2.45, 2.75) is 83.7 Å². The van der Waals surface area contributed by atoms with Crippen LogP contribution in [-0.4, -0.2) is 58.2 Å². The molecule has 4 aliphatic rings. The van der Waals surface area contributed by atoms with Crippen LogP contribution in [0.5, 0.6) is 5.75 Å². The van der Waals surface area contributed by atoms with Crippen molar-refractivity contribution in [3.05, 3.63) is 41.5 Å². The number of aromatic hydroxyl groups is 1. The van der Waals surface area contributed by atoms with E-state index in [0.717, 1.165) is 24.0 Å². The van der Waals surface area contributed by atoms with Crippen molar-refractivity contribution in [2.24, 2.45) is 28.6 Å². The van der Waals surface area contributed by atoms with Gasteiger partial charge in [-0.3, -0.25) is 24.0 Å². The van der Waals surface area contributed by atoms with Gasteiger partial charge in [-0.25, -0.2) is 0 Å². The molecule has 1 amide bonds. The number of fused-ring (bicyclic) bond motifs is 5. The van der Waals surface area contributed by atoms with Gasteiger partial charge in [0.25, 0.3) is 0 Å². The first-order valence-corrected chi connectivity index (χ1v) is 15.1. The number of allylic oxidation sites excluding steroid dienone is 1. The SMILES string of the molecule is C[C@]12CCC(=O)C=C1CC[C@H]1[C@H]2C(=O)C[C@@]2(C)[C@@H]1CC[C@]2(O)C(=O)COC(=O)CCC(=O)NCCc1ccc(O)cc1. The molecule has 3 N–H and O–H groups in total. The summed E-state index contributed by atoms with van der Waals surface area (Å²) in [7, 11) is 0. The van der Waals surface area contributed by atoms with Crippen LogP contribution in [0.2, 0.25) is 0 Å². The summed E-state index contributed by atoms with van der Waals surface area (Å²) in [6.45, 7) is 3.71. The number of ketones is 3. The highest BCUT2D eigenvalue weighted by Crippen LogP contribution is 2.66. The number of carbonyl (C=O) groups excluding carboxylic acids is 5. The summed E-state index contributed by atoms with van der Waals surface area (Å²) in [6.07, 6.45) is 5.52.